The average molecular weight is 254 g/mol. The predicted octanol–water partition coefficient (Wildman–Crippen LogP) is 0.762. The van der Waals surface area contributed by atoms with Crippen molar-refractivity contribution in [2.24, 2.45) is 0 Å². The number of anilines is 2. The van der Waals surface area contributed by atoms with E-state index in [1.54, 1.807) is 13.0 Å². The maximum absolute atomic E-state index is 9.25. The van der Waals surface area contributed by atoms with Gasteiger partial charge in [0, 0.05) is 18.3 Å². The van der Waals surface area contributed by atoms with Crippen LogP contribution in [0.3, 0.4) is 0 Å². The molecule has 1 heterocycles. The van der Waals surface area contributed by atoms with Gasteiger partial charge in [-0.3, -0.25) is 0 Å². The van der Waals surface area contributed by atoms with Crippen molar-refractivity contribution < 1.29 is 10.2 Å². The highest BCUT2D eigenvalue weighted by Crippen LogP contribution is 2.15. The van der Waals surface area contributed by atoms with Crippen LogP contribution in [0.4, 0.5) is 11.8 Å². The molecular weight excluding hydrogens is 232 g/mol. The fourth-order valence-electron chi connectivity index (χ4n) is 1.39. The lowest BCUT2D eigenvalue weighted by molar-refractivity contribution is 0.147. The summed E-state index contributed by atoms with van der Waals surface area (Å²) in [5.41, 5.74) is 0.0346. The highest BCUT2D eigenvalue weighted by molar-refractivity contribution is 5.44. The van der Waals surface area contributed by atoms with Crippen molar-refractivity contribution in [3.05, 3.63) is 11.8 Å². The Morgan fingerprint density at radius 2 is 1.94 bits per heavy atom. The molecule has 0 saturated carbocycles. The zero-order valence-electron chi connectivity index (χ0n) is 11.2. The number of aliphatic hydroxyl groups excluding tert-OH is 2. The third kappa shape index (κ3) is 4.12. The highest BCUT2D eigenvalue weighted by atomic mass is 16.3. The van der Waals surface area contributed by atoms with E-state index in [0.717, 1.165) is 18.7 Å². The maximum atomic E-state index is 9.25. The van der Waals surface area contributed by atoms with Crippen LogP contribution in [-0.4, -0.2) is 45.5 Å². The fraction of sp³-hybridized carbons (Fsp3) is 0.667. The van der Waals surface area contributed by atoms with Gasteiger partial charge >= 0.3 is 0 Å². The molecule has 0 aromatic carbocycles. The number of rotatable bonds is 7. The van der Waals surface area contributed by atoms with Crippen molar-refractivity contribution in [3.63, 3.8) is 0 Å². The molecule has 0 aliphatic rings. The molecule has 6 nitrogen and oxygen atoms in total. The Hall–Kier alpha value is -1.40. The molecule has 0 bridgehead atoms. The van der Waals surface area contributed by atoms with Crippen molar-refractivity contribution in [1.29, 1.82) is 0 Å². The monoisotopic (exact) mass is 254 g/mol. The summed E-state index contributed by atoms with van der Waals surface area (Å²) >= 11 is 0. The van der Waals surface area contributed by atoms with E-state index in [1.807, 2.05) is 6.92 Å². The van der Waals surface area contributed by atoms with E-state index in [-0.39, 0.29) is 13.2 Å². The molecule has 0 radical (unpaired) electrons. The van der Waals surface area contributed by atoms with E-state index in [0.29, 0.717) is 11.8 Å². The standard InChI is InChI=1S/C12H22N4O2/c1-4-5-13-11-14-9(2)6-10(15-11)16-12(3,7-17)8-18/h6,17-18H,4-5,7-8H2,1-3H3,(H2,13,14,15,16). The van der Waals surface area contributed by atoms with Gasteiger partial charge in [-0.2, -0.15) is 4.98 Å². The molecular formula is C12H22N4O2. The van der Waals surface area contributed by atoms with Gasteiger partial charge in [-0.1, -0.05) is 6.92 Å². The minimum Gasteiger partial charge on any atom is -0.394 e. The van der Waals surface area contributed by atoms with E-state index >= 15 is 0 Å². The molecule has 102 valence electrons. The van der Waals surface area contributed by atoms with E-state index in [4.69, 9.17) is 0 Å². The van der Waals surface area contributed by atoms with Crippen LogP contribution in [0, 0.1) is 6.92 Å². The van der Waals surface area contributed by atoms with Gasteiger partial charge in [-0.05, 0) is 20.3 Å². The SMILES string of the molecule is CCCNc1nc(C)cc(NC(C)(CO)CO)n1. The van der Waals surface area contributed by atoms with Gasteiger partial charge in [0.05, 0.1) is 18.8 Å². The first-order valence-electron chi connectivity index (χ1n) is 6.12. The Balaban J connectivity index is 2.85. The number of aromatic nitrogens is 2. The molecule has 0 aliphatic heterocycles. The first-order chi connectivity index (χ1) is 8.53. The molecule has 1 aromatic heterocycles. The summed E-state index contributed by atoms with van der Waals surface area (Å²) in [5.74, 6) is 1.14. The molecule has 0 spiro atoms. The number of hydrogen-bond acceptors (Lipinski definition) is 6. The van der Waals surface area contributed by atoms with Crippen LogP contribution in [0.15, 0.2) is 6.07 Å². The Morgan fingerprint density at radius 3 is 2.50 bits per heavy atom. The van der Waals surface area contributed by atoms with Gasteiger partial charge in [0.2, 0.25) is 5.95 Å². The molecule has 4 N–H and O–H groups in total. The van der Waals surface area contributed by atoms with E-state index in [9.17, 15) is 10.2 Å². The van der Waals surface area contributed by atoms with Crippen LogP contribution in [0.25, 0.3) is 0 Å². The van der Waals surface area contributed by atoms with Crippen LogP contribution >= 0.6 is 0 Å². The van der Waals surface area contributed by atoms with Crippen LogP contribution < -0.4 is 10.6 Å². The molecule has 0 atom stereocenters. The predicted molar refractivity (Wildman–Crippen MR) is 71.7 cm³/mol. The number of aliphatic hydroxyl groups is 2. The number of hydrogen-bond donors (Lipinski definition) is 4. The second-order valence-corrected chi connectivity index (χ2v) is 4.65. The minimum absolute atomic E-state index is 0.176. The molecule has 1 aromatic rings. The maximum Gasteiger partial charge on any atom is 0.224 e. The van der Waals surface area contributed by atoms with Gasteiger partial charge in [0.15, 0.2) is 0 Å². The van der Waals surface area contributed by atoms with Crippen LogP contribution in [-0.2, 0) is 0 Å². The van der Waals surface area contributed by atoms with Gasteiger partial charge < -0.3 is 20.8 Å². The van der Waals surface area contributed by atoms with Gasteiger partial charge in [0.1, 0.15) is 5.82 Å². The van der Waals surface area contributed by atoms with Crippen LogP contribution in [0.2, 0.25) is 0 Å². The van der Waals surface area contributed by atoms with Crippen molar-refractivity contribution >= 4 is 11.8 Å². The van der Waals surface area contributed by atoms with Crippen LogP contribution in [0.1, 0.15) is 26.0 Å². The molecule has 0 unspecified atom stereocenters. The highest BCUT2D eigenvalue weighted by Gasteiger charge is 2.22. The summed E-state index contributed by atoms with van der Waals surface area (Å²) in [6.45, 7) is 6.12. The van der Waals surface area contributed by atoms with Crippen molar-refractivity contribution in [1.82, 2.24) is 9.97 Å². The number of aryl methyl sites for hydroxylation is 1. The first-order valence-corrected chi connectivity index (χ1v) is 6.12. The molecule has 0 fully saturated rings. The Bertz CT molecular complexity index is 380. The van der Waals surface area contributed by atoms with Gasteiger partial charge in [-0.25, -0.2) is 4.98 Å². The molecule has 0 aliphatic carbocycles. The molecule has 0 amide bonds. The summed E-state index contributed by atoms with van der Waals surface area (Å²) in [6, 6.07) is 1.78. The number of nitrogens with zero attached hydrogens (tertiary/aromatic N) is 2. The Morgan fingerprint density at radius 1 is 1.28 bits per heavy atom. The first kappa shape index (κ1) is 14.7. The molecule has 1 rings (SSSR count). The Kier molecular flexibility index (Phi) is 5.30. The summed E-state index contributed by atoms with van der Waals surface area (Å²) in [6.07, 6.45) is 0.991. The molecule has 0 saturated heterocycles. The second-order valence-electron chi connectivity index (χ2n) is 4.65. The second kappa shape index (κ2) is 6.51. The quantitative estimate of drug-likeness (QED) is 0.574. The normalized spacial score (nSPS) is 11.4. The summed E-state index contributed by atoms with van der Waals surface area (Å²) < 4.78 is 0. The van der Waals surface area contributed by atoms with Crippen molar-refractivity contribution in [2.45, 2.75) is 32.7 Å². The molecule has 18 heavy (non-hydrogen) atoms. The lowest BCUT2D eigenvalue weighted by Crippen LogP contribution is -2.42. The number of nitrogens with one attached hydrogen (secondary N) is 2. The van der Waals surface area contributed by atoms with Crippen LogP contribution in [0.5, 0.6) is 0 Å². The lowest BCUT2D eigenvalue weighted by atomic mass is 10.1. The summed E-state index contributed by atoms with van der Waals surface area (Å²) in [4.78, 5) is 8.56. The van der Waals surface area contributed by atoms with E-state index < -0.39 is 5.54 Å². The average Bonchev–Trinajstić information content (AvgIpc) is 2.35. The summed E-state index contributed by atoms with van der Waals surface area (Å²) in [7, 11) is 0. The van der Waals surface area contributed by atoms with E-state index in [2.05, 4.69) is 27.5 Å². The third-order valence-electron chi connectivity index (χ3n) is 2.52. The van der Waals surface area contributed by atoms with Gasteiger partial charge in [-0.15, -0.1) is 0 Å². The fourth-order valence-corrected chi connectivity index (χ4v) is 1.39. The zero-order chi connectivity index (χ0) is 13.6. The minimum atomic E-state index is -0.789. The Labute approximate surface area is 107 Å². The van der Waals surface area contributed by atoms with Gasteiger partial charge in [0.25, 0.3) is 0 Å². The lowest BCUT2D eigenvalue weighted by Gasteiger charge is -2.27. The third-order valence-corrected chi connectivity index (χ3v) is 2.52. The zero-order valence-corrected chi connectivity index (χ0v) is 11.2. The van der Waals surface area contributed by atoms with Crippen molar-refractivity contribution in [2.75, 3.05) is 30.4 Å². The largest absolute Gasteiger partial charge is 0.394 e. The molecule has 6 heteroatoms. The smallest absolute Gasteiger partial charge is 0.224 e. The summed E-state index contributed by atoms with van der Waals surface area (Å²) in [5, 5.41) is 24.6. The van der Waals surface area contributed by atoms with Crippen molar-refractivity contribution in [3.8, 4) is 0 Å². The topological polar surface area (TPSA) is 90.3 Å². The van der Waals surface area contributed by atoms with E-state index in [1.165, 1.54) is 0 Å².